The van der Waals surface area contributed by atoms with Gasteiger partial charge in [-0.2, -0.15) is 0 Å². The molecule has 37 heavy (non-hydrogen) atoms. The number of aromatic nitrogens is 2. The van der Waals surface area contributed by atoms with Crippen molar-refractivity contribution in [2.24, 2.45) is 0 Å². The molecule has 4 rings (SSSR count). The minimum absolute atomic E-state index is 0.254. The summed E-state index contributed by atoms with van der Waals surface area (Å²) < 4.78 is 26.0. The Hall–Kier alpha value is -3.03. The standard InChI is InChI=1S/C30H41N3O4/c1-6-29-31-13-16-33(29)17-18-36-27-10-8-25(20-28(27)34-4)21-32-14-11-30(35-5,12-15-32)22-37-26-9-7-23(2)19-24(26)3/h7-10,13,16,19-20H,6,11-12,14-15,17-18,21-22H2,1-5H3. The summed E-state index contributed by atoms with van der Waals surface area (Å²) in [7, 11) is 3.50. The van der Waals surface area contributed by atoms with Gasteiger partial charge in [-0.3, -0.25) is 4.90 Å². The van der Waals surface area contributed by atoms with E-state index >= 15 is 0 Å². The van der Waals surface area contributed by atoms with Gasteiger partial charge in [0, 0.05) is 45.6 Å². The average Bonchev–Trinajstić information content (AvgIpc) is 3.37. The second-order valence-corrected chi connectivity index (χ2v) is 9.95. The molecule has 1 saturated heterocycles. The Kier molecular flexibility index (Phi) is 9.11. The highest BCUT2D eigenvalue weighted by Gasteiger charge is 2.35. The summed E-state index contributed by atoms with van der Waals surface area (Å²) in [6, 6.07) is 12.5. The van der Waals surface area contributed by atoms with Gasteiger partial charge in [-0.1, -0.05) is 30.7 Å². The van der Waals surface area contributed by atoms with Crippen molar-refractivity contribution in [1.82, 2.24) is 14.5 Å². The summed E-state index contributed by atoms with van der Waals surface area (Å²) in [5.74, 6) is 3.55. The van der Waals surface area contributed by atoms with Crippen LogP contribution in [-0.4, -0.2) is 60.6 Å². The van der Waals surface area contributed by atoms with Gasteiger partial charge in [0.2, 0.25) is 0 Å². The van der Waals surface area contributed by atoms with E-state index < -0.39 is 0 Å². The van der Waals surface area contributed by atoms with Crippen LogP contribution in [0.2, 0.25) is 0 Å². The lowest BCUT2D eigenvalue weighted by molar-refractivity contribution is -0.0840. The molecular formula is C30H41N3O4. The van der Waals surface area contributed by atoms with E-state index in [-0.39, 0.29) is 5.60 Å². The second-order valence-electron chi connectivity index (χ2n) is 9.95. The van der Waals surface area contributed by atoms with Crippen molar-refractivity contribution >= 4 is 0 Å². The zero-order chi connectivity index (χ0) is 26.3. The molecule has 2 heterocycles. The third-order valence-electron chi connectivity index (χ3n) is 7.36. The summed E-state index contributed by atoms with van der Waals surface area (Å²) in [4.78, 5) is 6.84. The summed E-state index contributed by atoms with van der Waals surface area (Å²) in [6.07, 6.45) is 6.60. The van der Waals surface area contributed by atoms with Gasteiger partial charge in [0.1, 0.15) is 30.4 Å². The lowest BCUT2D eigenvalue weighted by Crippen LogP contribution is -2.48. The Bertz CT molecular complexity index is 1150. The molecule has 0 radical (unpaired) electrons. The molecule has 7 heteroatoms. The van der Waals surface area contributed by atoms with Gasteiger partial charge in [-0.15, -0.1) is 0 Å². The summed E-state index contributed by atoms with van der Waals surface area (Å²) in [5.41, 5.74) is 3.37. The Morgan fingerprint density at radius 2 is 1.73 bits per heavy atom. The molecule has 1 aliphatic rings. The van der Waals surface area contributed by atoms with Crippen LogP contribution in [0.3, 0.4) is 0 Å². The predicted molar refractivity (Wildman–Crippen MR) is 146 cm³/mol. The molecule has 3 aromatic rings. The highest BCUT2D eigenvalue weighted by Crippen LogP contribution is 2.31. The third-order valence-corrected chi connectivity index (χ3v) is 7.36. The Labute approximate surface area is 221 Å². The first-order chi connectivity index (χ1) is 17.9. The van der Waals surface area contributed by atoms with Crippen molar-refractivity contribution in [1.29, 1.82) is 0 Å². The van der Waals surface area contributed by atoms with Gasteiger partial charge in [-0.05, 0) is 56.0 Å². The molecule has 7 nitrogen and oxygen atoms in total. The third kappa shape index (κ3) is 6.84. The van der Waals surface area contributed by atoms with E-state index in [2.05, 4.69) is 65.6 Å². The number of benzene rings is 2. The molecule has 0 amide bonds. The number of imidazole rings is 1. The largest absolute Gasteiger partial charge is 0.493 e. The smallest absolute Gasteiger partial charge is 0.161 e. The first-order valence-corrected chi connectivity index (χ1v) is 13.2. The molecule has 1 aromatic heterocycles. The van der Waals surface area contributed by atoms with Crippen molar-refractivity contribution < 1.29 is 18.9 Å². The summed E-state index contributed by atoms with van der Waals surface area (Å²) >= 11 is 0. The highest BCUT2D eigenvalue weighted by atomic mass is 16.5. The Morgan fingerprint density at radius 3 is 2.43 bits per heavy atom. The van der Waals surface area contributed by atoms with Gasteiger partial charge in [0.15, 0.2) is 11.5 Å². The predicted octanol–water partition coefficient (Wildman–Crippen LogP) is 5.21. The number of aryl methyl sites for hydroxylation is 3. The average molecular weight is 508 g/mol. The number of hydrogen-bond donors (Lipinski definition) is 0. The maximum Gasteiger partial charge on any atom is 0.161 e. The van der Waals surface area contributed by atoms with Crippen LogP contribution in [0.4, 0.5) is 0 Å². The van der Waals surface area contributed by atoms with Gasteiger partial charge in [0.05, 0.1) is 13.7 Å². The molecule has 0 spiro atoms. The fourth-order valence-corrected chi connectivity index (χ4v) is 5.00. The van der Waals surface area contributed by atoms with Crippen molar-refractivity contribution in [2.75, 3.05) is 40.5 Å². The topological polar surface area (TPSA) is 58.0 Å². The zero-order valence-corrected chi connectivity index (χ0v) is 23.0. The van der Waals surface area contributed by atoms with E-state index in [1.165, 1.54) is 11.1 Å². The molecule has 0 aliphatic carbocycles. The minimum Gasteiger partial charge on any atom is -0.493 e. The van der Waals surface area contributed by atoms with Crippen LogP contribution in [0.25, 0.3) is 0 Å². The van der Waals surface area contributed by atoms with Gasteiger partial charge >= 0.3 is 0 Å². The lowest BCUT2D eigenvalue weighted by Gasteiger charge is -2.40. The molecule has 1 aliphatic heterocycles. The lowest BCUT2D eigenvalue weighted by atomic mass is 9.91. The maximum absolute atomic E-state index is 6.21. The number of methoxy groups -OCH3 is 2. The van der Waals surface area contributed by atoms with Crippen molar-refractivity contribution in [3.05, 3.63) is 71.3 Å². The number of rotatable bonds is 12. The molecule has 0 bridgehead atoms. The van der Waals surface area contributed by atoms with E-state index in [0.717, 1.165) is 74.1 Å². The molecule has 0 N–H and O–H groups in total. The number of piperidine rings is 1. The van der Waals surface area contributed by atoms with Gasteiger partial charge < -0.3 is 23.5 Å². The van der Waals surface area contributed by atoms with Crippen LogP contribution in [0, 0.1) is 13.8 Å². The number of nitrogens with zero attached hydrogens (tertiary/aromatic N) is 3. The van der Waals surface area contributed by atoms with Crippen LogP contribution in [0.5, 0.6) is 17.2 Å². The van der Waals surface area contributed by atoms with Crippen molar-refractivity contribution in [2.45, 2.75) is 58.7 Å². The molecule has 0 saturated carbocycles. The summed E-state index contributed by atoms with van der Waals surface area (Å²) in [5, 5.41) is 0. The van der Waals surface area contributed by atoms with Crippen molar-refractivity contribution in [3.8, 4) is 17.2 Å². The fraction of sp³-hybridized carbons (Fsp3) is 0.500. The fourth-order valence-electron chi connectivity index (χ4n) is 5.00. The Balaban J connectivity index is 1.29. The molecule has 0 unspecified atom stereocenters. The van der Waals surface area contributed by atoms with E-state index in [0.29, 0.717) is 13.2 Å². The van der Waals surface area contributed by atoms with Crippen LogP contribution >= 0.6 is 0 Å². The number of hydrogen-bond acceptors (Lipinski definition) is 6. The van der Waals surface area contributed by atoms with Crippen LogP contribution in [0.1, 0.15) is 42.3 Å². The maximum atomic E-state index is 6.21. The van der Waals surface area contributed by atoms with Crippen LogP contribution in [-0.2, 0) is 24.2 Å². The Morgan fingerprint density at radius 1 is 0.946 bits per heavy atom. The molecule has 1 fully saturated rings. The molecule has 200 valence electrons. The normalized spacial score (nSPS) is 15.5. The zero-order valence-electron chi connectivity index (χ0n) is 23.0. The first-order valence-electron chi connectivity index (χ1n) is 13.2. The van der Waals surface area contributed by atoms with Crippen LogP contribution in [0.15, 0.2) is 48.8 Å². The number of ether oxygens (including phenoxy) is 4. The SMILES string of the molecule is CCc1nccn1CCOc1ccc(CN2CCC(COc3ccc(C)cc3C)(OC)CC2)cc1OC. The van der Waals surface area contributed by atoms with Crippen molar-refractivity contribution in [3.63, 3.8) is 0 Å². The number of likely N-dealkylation sites (tertiary alicyclic amines) is 1. The van der Waals surface area contributed by atoms with Gasteiger partial charge in [-0.25, -0.2) is 4.98 Å². The molecular weight excluding hydrogens is 466 g/mol. The minimum atomic E-state index is -0.254. The molecule has 0 atom stereocenters. The first kappa shape index (κ1) is 27.0. The van der Waals surface area contributed by atoms with Gasteiger partial charge in [0.25, 0.3) is 0 Å². The quantitative estimate of drug-likeness (QED) is 0.335. The summed E-state index contributed by atoms with van der Waals surface area (Å²) in [6.45, 7) is 11.0. The monoisotopic (exact) mass is 507 g/mol. The van der Waals surface area contributed by atoms with E-state index in [1.807, 2.05) is 18.5 Å². The second kappa shape index (κ2) is 12.5. The van der Waals surface area contributed by atoms with E-state index in [9.17, 15) is 0 Å². The van der Waals surface area contributed by atoms with Crippen LogP contribution < -0.4 is 14.2 Å². The molecule has 2 aromatic carbocycles. The van der Waals surface area contributed by atoms with E-state index in [4.69, 9.17) is 18.9 Å². The highest BCUT2D eigenvalue weighted by molar-refractivity contribution is 5.43. The van der Waals surface area contributed by atoms with E-state index in [1.54, 1.807) is 14.2 Å².